The van der Waals surface area contributed by atoms with E-state index in [0.29, 0.717) is 19.4 Å². The maximum Gasteiger partial charge on any atom is 0.397 e. The van der Waals surface area contributed by atoms with Gasteiger partial charge >= 0.3 is 16.4 Å². The Balaban J connectivity index is 2.38. The Hall–Kier alpha value is -2.20. The Morgan fingerprint density at radius 3 is 1.46 bits per heavy atom. The highest BCUT2D eigenvalue weighted by Gasteiger charge is 2.48. The van der Waals surface area contributed by atoms with E-state index in [-0.39, 0.29) is 19.6 Å². The predicted molar refractivity (Wildman–Crippen MR) is 262 cm³/mol. The van der Waals surface area contributed by atoms with E-state index in [2.05, 4.69) is 72.7 Å². The van der Waals surface area contributed by atoms with E-state index in [4.69, 9.17) is 18.9 Å². The van der Waals surface area contributed by atoms with Crippen molar-refractivity contribution in [2.24, 2.45) is 0 Å². The predicted octanol–water partition coefficient (Wildman–Crippen LogP) is 11.7. The van der Waals surface area contributed by atoms with Gasteiger partial charge in [-0.05, 0) is 44.9 Å². The highest BCUT2D eigenvalue weighted by atomic mass is 32.3. The second-order valence-electron chi connectivity index (χ2n) is 17.4. The molecule has 4 N–H and O–H groups in total. The summed E-state index contributed by atoms with van der Waals surface area (Å²) in [6.07, 6.45) is 45.7. The van der Waals surface area contributed by atoms with Gasteiger partial charge in [0.25, 0.3) is 0 Å². The van der Waals surface area contributed by atoms with Crippen LogP contribution in [0.1, 0.15) is 200 Å². The topological polar surface area (TPSA) is 178 Å². The van der Waals surface area contributed by atoms with Crippen LogP contribution in [-0.4, -0.2) is 97.5 Å². The molecule has 0 saturated carbocycles. The highest BCUT2D eigenvalue weighted by Crippen LogP contribution is 2.26. The molecule has 1 fully saturated rings. The summed E-state index contributed by atoms with van der Waals surface area (Å²) in [5.74, 6) is -0.422. The van der Waals surface area contributed by atoms with Crippen molar-refractivity contribution in [3.05, 3.63) is 60.8 Å². The molecule has 0 spiro atoms. The number of aliphatic hydroxyl groups is 3. The van der Waals surface area contributed by atoms with Crippen LogP contribution in [0.15, 0.2) is 60.8 Å². The lowest BCUT2D eigenvalue weighted by atomic mass is 9.99. The van der Waals surface area contributed by atoms with Gasteiger partial charge in [-0.1, -0.05) is 209 Å². The van der Waals surface area contributed by atoms with Crippen molar-refractivity contribution < 1.29 is 56.2 Å². The second kappa shape index (κ2) is 43.1. The lowest BCUT2D eigenvalue weighted by Gasteiger charge is -2.41. The molecule has 1 heterocycles. The monoisotopic (exact) mass is 941 g/mol. The quantitative estimate of drug-likeness (QED) is 0.0197. The number of hydrogen-bond donors (Lipinski definition) is 4. The molecule has 0 aromatic carbocycles. The van der Waals surface area contributed by atoms with E-state index < -0.39 is 59.8 Å². The zero-order chi connectivity index (χ0) is 47.5. The number of esters is 1. The minimum atomic E-state index is -5.07. The Bertz CT molecular complexity index is 1360. The molecule has 1 aliphatic rings. The van der Waals surface area contributed by atoms with Crippen LogP contribution in [-0.2, 0) is 38.3 Å². The number of carbonyl (C=O) groups excluding carboxylic acids is 1. The third-order valence-electron chi connectivity index (χ3n) is 11.4. The van der Waals surface area contributed by atoms with E-state index in [1.54, 1.807) is 0 Å². The molecule has 12 nitrogen and oxygen atoms in total. The van der Waals surface area contributed by atoms with Gasteiger partial charge in [-0.15, -0.1) is 0 Å². The number of unbranched alkanes of at least 4 members (excludes halogenated alkanes) is 21. The number of rotatable bonds is 44. The average molecular weight is 941 g/mol. The van der Waals surface area contributed by atoms with Crippen LogP contribution in [0.2, 0.25) is 0 Å². The molecule has 0 amide bonds. The number of allylic oxidation sites excluding steroid dienone is 9. The lowest BCUT2D eigenvalue weighted by Crippen LogP contribution is -2.60. The summed E-state index contributed by atoms with van der Waals surface area (Å²) < 4.78 is 59.1. The van der Waals surface area contributed by atoms with E-state index in [0.717, 1.165) is 51.4 Å². The highest BCUT2D eigenvalue weighted by molar-refractivity contribution is 7.80. The molecule has 1 aliphatic heterocycles. The Morgan fingerprint density at radius 2 is 1.03 bits per heavy atom. The molecule has 6 atom stereocenters. The minimum Gasteiger partial charge on any atom is -0.457 e. The molecule has 65 heavy (non-hydrogen) atoms. The second-order valence-corrected chi connectivity index (χ2v) is 18.4. The Morgan fingerprint density at radius 1 is 0.600 bits per heavy atom. The van der Waals surface area contributed by atoms with E-state index in [9.17, 15) is 33.1 Å². The number of hydrogen-bond acceptors (Lipinski definition) is 11. The van der Waals surface area contributed by atoms with Crippen molar-refractivity contribution >= 4 is 16.4 Å². The zero-order valence-corrected chi connectivity index (χ0v) is 41.4. The summed E-state index contributed by atoms with van der Waals surface area (Å²) >= 11 is 0. The molecule has 0 aromatic heterocycles. The minimum absolute atomic E-state index is 0.0182. The molecule has 0 radical (unpaired) electrons. The molecular formula is C52H92O12S. The number of aliphatic hydroxyl groups excluding tert-OH is 3. The van der Waals surface area contributed by atoms with Crippen molar-refractivity contribution in [2.75, 3.05) is 26.4 Å². The molecule has 13 heteroatoms. The molecule has 378 valence electrons. The molecule has 1 rings (SSSR count). The van der Waals surface area contributed by atoms with Gasteiger partial charge in [-0.3, -0.25) is 9.35 Å². The first kappa shape index (κ1) is 60.8. The van der Waals surface area contributed by atoms with Crippen molar-refractivity contribution in [3.8, 4) is 0 Å². The summed E-state index contributed by atoms with van der Waals surface area (Å²) in [6.45, 7) is 3.68. The molecular weight excluding hydrogens is 849 g/mol. The fraction of sp³-hybridized carbons (Fsp3) is 0.788. The van der Waals surface area contributed by atoms with Gasteiger partial charge in [-0.25, -0.2) is 4.18 Å². The Kier molecular flexibility index (Phi) is 40.3. The summed E-state index contributed by atoms with van der Waals surface area (Å²) in [4.78, 5) is 12.9. The zero-order valence-electron chi connectivity index (χ0n) is 40.5. The van der Waals surface area contributed by atoms with Gasteiger partial charge in [0.15, 0.2) is 6.29 Å². The van der Waals surface area contributed by atoms with Crippen LogP contribution >= 0.6 is 0 Å². The van der Waals surface area contributed by atoms with Crippen LogP contribution in [0.3, 0.4) is 0 Å². The van der Waals surface area contributed by atoms with Gasteiger partial charge in [0, 0.05) is 6.42 Å². The van der Waals surface area contributed by atoms with Gasteiger partial charge in [0.2, 0.25) is 0 Å². The molecule has 1 saturated heterocycles. The smallest absolute Gasteiger partial charge is 0.397 e. The number of ether oxygens (including phenoxy) is 4. The third kappa shape index (κ3) is 36.5. The summed E-state index contributed by atoms with van der Waals surface area (Å²) in [5.41, 5.74) is 0. The van der Waals surface area contributed by atoms with Gasteiger partial charge in [0.1, 0.15) is 30.5 Å². The van der Waals surface area contributed by atoms with Gasteiger partial charge in [-0.2, -0.15) is 8.42 Å². The van der Waals surface area contributed by atoms with E-state index in [1.807, 2.05) is 6.08 Å². The first-order chi connectivity index (χ1) is 31.6. The van der Waals surface area contributed by atoms with Crippen molar-refractivity contribution in [1.82, 2.24) is 0 Å². The number of carbonyl (C=O) groups is 1. The first-order valence-corrected chi connectivity index (χ1v) is 26.9. The summed E-state index contributed by atoms with van der Waals surface area (Å²) in [5, 5.41) is 30.7. The van der Waals surface area contributed by atoms with Crippen molar-refractivity contribution in [3.63, 3.8) is 0 Å². The molecule has 6 unspecified atom stereocenters. The maximum atomic E-state index is 12.9. The van der Waals surface area contributed by atoms with Crippen LogP contribution in [0.4, 0.5) is 0 Å². The summed E-state index contributed by atoms with van der Waals surface area (Å²) in [7, 11) is -5.07. The Labute approximate surface area is 395 Å². The third-order valence-corrected chi connectivity index (χ3v) is 11.9. The van der Waals surface area contributed by atoms with E-state index >= 15 is 0 Å². The fourth-order valence-electron chi connectivity index (χ4n) is 7.62. The van der Waals surface area contributed by atoms with Gasteiger partial charge in [0.05, 0.1) is 26.4 Å². The van der Waals surface area contributed by atoms with Crippen molar-refractivity contribution in [2.45, 2.75) is 237 Å². The van der Waals surface area contributed by atoms with Crippen LogP contribution < -0.4 is 0 Å². The van der Waals surface area contributed by atoms with Crippen LogP contribution in [0, 0.1) is 0 Å². The van der Waals surface area contributed by atoms with Crippen LogP contribution in [0.25, 0.3) is 0 Å². The normalized spacial score (nSPS) is 20.1. The first-order valence-electron chi connectivity index (χ1n) is 25.5. The van der Waals surface area contributed by atoms with Gasteiger partial charge < -0.3 is 34.3 Å². The molecule has 0 aromatic rings. The van der Waals surface area contributed by atoms with Crippen molar-refractivity contribution in [1.29, 1.82) is 0 Å². The largest absolute Gasteiger partial charge is 0.457 e. The molecule has 0 aliphatic carbocycles. The van der Waals surface area contributed by atoms with E-state index in [1.165, 1.54) is 116 Å². The lowest BCUT2D eigenvalue weighted by molar-refractivity contribution is -0.301. The molecule has 0 bridgehead atoms. The fourth-order valence-corrected chi connectivity index (χ4v) is 8.13. The summed E-state index contributed by atoms with van der Waals surface area (Å²) in [6, 6.07) is 0. The SMILES string of the molecule is CC/C=C\C/C=C\C/C=C\C/C=C\C/C=C\CCOCC(COC1OC(CO)C(O)C(OS(=O)(=O)O)C1O)OC(=O)CCCCCCCCCCCCCCCCCCCCCCCC. The standard InChI is InChI=1S/C52H92O12S/c1-3-5-7-9-11-13-15-17-19-21-22-23-24-25-26-27-29-31-33-35-37-39-41-48(54)62-46(45-61-52-50(56)51(64-65(57,58)59)49(55)47(43-53)63-52)44-60-42-40-38-36-34-32-30-28-20-18-16-14-12-10-8-6-4-2/h6,8,12,14,18,20,30,32,36,38,46-47,49-53,55-56H,3-5,7,9-11,13,15-17,19,21-29,31,33-35,37,39-45H2,1-2H3,(H,57,58,59)/b8-6-,14-12-,20-18-,32-30-,38-36-. The maximum absolute atomic E-state index is 12.9. The average Bonchev–Trinajstić information content (AvgIpc) is 3.28. The van der Waals surface area contributed by atoms with Crippen LogP contribution in [0.5, 0.6) is 0 Å².